The molecule has 0 amide bonds. The molecule has 0 aliphatic heterocycles. The largest absolute Gasteiger partial charge is 0.438 e. The molecule has 0 aliphatic carbocycles. The molecule has 0 fully saturated rings. The van der Waals surface area contributed by atoms with Gasteiger partial charge in [0.05, 0.1) is 6.54 Å². The molecule has 0 saturated carbocycles. The molecule has 0 aromatic heterocycles. The van der Waals surface area contributed by atoms with Crippen molar-refractivity contribution >= 4 is 35.5 Å². The zero-order valence-electron chi connectivity index (χ0n) is 4.76. The first-order chi connectivity index (χ1) is 3.31. The van der Waals surface area contributed by atoms with Crippen LogP contribution >= 0.6 is 0 Å². The number of ether oxygens (including phenoxy) is 1. The van der Waals surface area contributed by atoms with E-state index in [1.54, 1.807) is 0 Å². The molecule has 1 radical (unpaired) electrons. The summed E-state index contributed by atoms with van der Waals surface area (Å²) >= 11 is 0. The maximum absolute atomic E-state index is 9.90. The number of aliphatic hydroxyl groups is 1. The molecule has 0 saturated heterocycles. The summed E-state index contributed by atoms with van der Waals surface area (Å²) in [5.41, 5.74) is 4.77. The van der Waals surface area contributed by atoms with Crippen molar-refractivity contribution in [1.82, 2.24) is 0 Å². The Kier molecular flexibility index (Phi) is 10.4. The molecule has 0 heterocycles. The third-order valence-electron chi connectivity index (χ3n) is 0.392. The Hall–Kier alpha value is 0.390. The smallest absolute Gasteiger partial charge is 0.321 e. The van der Waals surface area contributed by atoms with Gasteiger partial charge >= 0.3 is 5.97 Å². The maximum Gasteiger partial charge on any atom is 0.321 e. The summed E-state index contributed by atoms with van der Waals surface area (Å²) in [4.78, 5) is 9.90. The van der Waals surface area contributed by atoms with Crippen LogP contribution in [0.4, 0.5) is 0 Å². The minimum atomic E-state index is -0.595. The fourth-order valence-corrected chi connectivity index (χ4v) is 0.131. The van der Waals surface area contributed by atoms with Crippen LogP contribution in [0.15, 0.2) is 0 Å². The van der Waals surface area contributed by atoms with Crippen molar-refractivity contribution < 1.29 is 14.6 Å². The van der Waals surface area contributed by atoms with Crippen LogP contribution < -0.4 is 5.73 Å². The molecule has 0 unspecified atom stereocenters. The number of carbonyl (C=O) groups excluding carboxylic acids is 1. The van der Waals surface area contributed by atoms with Crippen LogP contribution in [-0.2, 0) is 9.53 Å². The number of aliphatic hydroxyl groups excluding tert-OH is 1. The van der Waals surface area contributed by atoms with E-state index in [4.69, 9.17) is 10.8 Å². The van der Waals surface area contributed by atoms with Crippen molar-refractivity contribution in [3.8, 4) is 0 Å². The predicted molar refractivity (Wildman–Crippen MR) is 28.0 cm³/mol. The van der Waals surface area contributed by atoms with Gasteiger partial charge in [-0.1, -0.05) is 0 Å². The van der Waals surface area contributed by atoms with Crippen LogP contribution in [0.1, 0.15) is 0 Å². The first kappa shape index (κ1) is 11.2. The average Bonchev–Trinajstić information content (AvgIpc) is 1.68. The van der Waals surface area contributed by atoms with E-state index in [1.165, 1.54) is 0 Å². The van der Waals surface area contributed by atoms with Gasteiger partial charge in [-0.3, -0.25) is 4.79 Å². The average molecular weight is 128 g/mol. The van der Waals surface area contributed by atoms with Gasteiger partial charge in [-0.05, 0) is 0 Å². The van der Waals surface area contributed by atoms with Gasteiger partial charge in [0.25, 0.3) is 0 Å². The Morgan fingerprint density at radius 1 is 1.75 bits per heavy atom. The SMILES string of the molecule is NCC(=O)OCO.[Na]. The summed E-state index contributed by atoms with van der Waals surface area (Å²) in [6.07, 6.45) is 0. The maximum atomic E-state index is 9.90. The molecule has 3 N–H and O–H groups in total. The van der Waals surface area contributed by atoms with Crippen LogP contribution in [-0.4, -0.2) is 54.0 Å². The van der Waals surface area contributed by atoms with E-state index in [1.807, 2.05) is 0 Å². The summed E-state index contributed by atoms with van der Waals surface area (Å²) < 4.78 is 3.98. The number of nitrogens with two attached hydrogens (primary N) is 1. The van der Waals surface area contributed by atoms with Crippen LogP contribution in [0.25, 0.3) is 0 Å². The summed E-state index contributed by atoms with van der Waals surface area (Å²) in [6, 6.07) is 0. The fourth-order valence-electron chi connectivity index (χ4n) is 0.131. The molecule has 5 heteroatoms. The van der Waals surface area contributed by atoms with E-state index in [-0.39, 0.29) is 36.1 Å². The second kappa shape index (κ2) is 7.39. The molecule has 8 heavy (non-hydrogen) atoms. The Balaban J connectivity index is 0. The van der Waals surface area contributed by atoms with Gasteiger partial charge in [0.2, 0.25) is 0 Å². The van der Waals surface area contributed by atoms with Gasteiger partial charge in [-0.15, -0.1) is 0 Å². The van der Waals surface area contributed by atoms with Crippen molar-refractivity contribution in [2.24, 2.45) is 5.73 Å². The topological polar surface area (TPSA) is 72.6 Å². The second-order valence-electron chi connectivity index (χ2n) is 0.850. The van der Waals surface area contributed by atoms with Gasteiger partial charge < -0.3 is 15.6 Å². The van der Waals surface area contributed by atoms with Gasteiger partial charge in [0, 0.05) is 29.6 Å². The van der Waals surface area contributed by atoms with Crippen molar-refractivity contribution in [2.75, 3.05) is 13.3 Å². The molecular weight excluding hydrogens is 121 g/mol. The number of hydrogen-bond acceptors (Lipinski definition) is 4. The minimum absolute atomic E-state index is 0. The number of esters is 1. The number of carbonyl (C=O) groups is 1. The van der Waals surface area contributed by atoms with Gasteiger partial charge in [-0.25, -0.2) is 0 Å². The molecule has 0 spiro atoms. The Labute approximate surface area is 69.3 Å². The number of rotatable bonds is 2. The molecule has 0 aromatic rings. The van der Waals surface area contributed by atoms with Crippen LogP contribution in [0.3, 0.4) is 0 Å². The summed E-state index contributed by atoms with van der Waals surface area (Å²) in [5, 5.41) is 7.87. The molecular formula is C3H7NNaO3. The van der Waals surface area contributed by atoms with Crippen molar-refractivity contribution in [2.45, 2.75) is 0 Å². The van der Waals surface area contributed by atoms with E-state index < -0.39 is 12.8 Å². The van der Waals surface area contributed by atoms with E-state index in [2.05, 4.69) is 4.74 Å². The van der Waals surface area contributed by atoms with Gasteiger partial charge in [0.1, 0.15) is 0 Å². The van der Waals surface area contributed by atoms with Crippen LogP contribution in [0, 0.1) is 0 Å². The third kappa shape index (κ3) is 6.39. The van der Waals surface area contributed by atoms with E-state index in [9.17, 15) is 4.79 Å². The Morgan fingerprint density at radius 3 is 2.38 bits per heavy atom. The predicted octanol–water partition coefficient (Wildman–Crippen LogP) is -1.94. The Bertz CT molecular complexity index is 67.5. The van der Waals surface area contributed by atoms with Crippen LogP contribution in [0.2, 0.25) is 0 Å². The minimum Gasteiger partial charge on any atom is -0.438 e. The first-order valence-electron chi connectivity index (χ1n) is 1.77. The zero-order valence-corrected chi connectivity index (χ0v) is 6.76. The second-order valence-corrected chi connectivity index (χ2v) is 0.850. The van der Waals surface area contributed by atoms with Crippen molar-refractivity contribution in [1.29, 1.82) is 0 Å². The normalized spacial score (nSPS) is 7.25. The molecule has 4 nitrogen and oxygen atoms in total. The summed E-state index contributed by atoms with van der Waals surface area (Å²) in [5.74, 6) is -0.595. The van der Waals surface area contributed by atoms with E-state index >= 15 is 0 Å². The molecule has 0 atom stereocenters. The first-order valence-corrected chi connectivity index (χ1v) is 1.77. The summed E-state index contributed by atoms with van der Waals surface area (Å²) in [6.45, 7) is -0.767. The molecule has 0 aliphatic rings. The van der Waals surface area contributed by atoms with Gasteiger partial charge in [-0.2, -0.15) is 0 Å². The Morgan fingerprint density at radius 2 is 2.25 bits per heavy atom. The molecule has 0 rings (SSSR count). The molecule has 0 aromatic carbocycles. The quantitative estimate of drug-likeness (QED) is 0.258. The molecule has 0 bridgehead atoms. The van der Waals surface area contributed by atoms with Crippen molar-refractivity contribution in [3.63, 3.8) is 0 Å². The van der Waals surface area contributed by atoms with E-state index in [0.29, 0.717) is 0 Å². The van der Waals surface area contributed by atoms with Gasteiger partial charge in [0.15, 0.2) is 6.79 Å². The van der Waals surface area contributed by atoms with Crippen LogP contribution in [0.5, 0.6) is 0 Å². The van der Waals surface area contributed by atoms with Crippen molar-refractivity contribution in [3.05, 3.63) is 0 Å². The zero-order chi connectivity index (χ0) is 5.70. The summed E-state index contributed by atoms with van der Waals surface area (Å²) in [7, 11) is 0. The molecule has 43 valence electrons. The fraction of sp³-hybridized carbons (Fsp3) is 0.667. The van der Waals surface area contributed by atoms with E-state index in [0.717, 1.165) is 0 Å². The third-order valence-corrected chi connectivity index (χ3v) is 0.392. The standard InChI is InChI=1S/C3H7NO3.Na/c4-1-3(6)7-2-5;/h5H,1-2,4H2;. The number of hydrogen-bond donors (Lipinski definition) is 2. The monoisotopic (exact) mass is 128 g/mol.